The van der Waals surface area contributed by atoms with E-state index in [9.17, 15) is 0 Å². The van der Waals surface area contributed by atoms with Crippen LogP contribution in [0.1, 0.15) is 48.0 Å². The van der Waals surface area contributed by atoms with Crippen molar-refractivity contribution < 1.29 is 39.6 Å². The fourth-order valence-electron chi connectivity index (χ4n) is 2.11. The van der Waals surface area contributed by atoms with E-state index < -0.39 is 0 Å². The standard InChI is InChI=1S/C13H21.Ce/c1-12(2,3)10-8-7-9-11(10)13(4,5)6;/h8H,7H2,1-6H3;. The summed E-state index contributed by atoms with van der Waals surface area (Å²) >= 11 is 1.22. The molecule has 1 aliphatic rings. The molecule has 1 rings (SSSR count). The van der Waals surface area contributed by atoms with Crippen molar-refractivity contribution in [3.8, 4) is 0 Å². The average molecular weight is 317 g/mol. The Morgan fingerprint density at radius 2 is 1.50 bits per heavy atom. The van der Waals surface area contributed by atoms with E-state index in [1.165, 1.54) is 46.1 Å². The Balaban J connectivity index is 3.15. The summed E-state index contributed by atoms with van der Waals surface area (Å²) in [7, 11) is 0. The van der Waals surface area contributed by atoms with Crippen molar-refractivity contribution >= 4 is 0 Å². The van der Waals surface area contributed by atoms with Crippen molar-refractivity contribution in [3.05, 3.63) is 18.3 Å². The van der Waals surface area contributed by atoms with Gasteiger partial charge in [-0.3, -0.25) is 0 Å². The van der Waals surface area contributed by atoms with Gasteiger partial charge in [-0.25, -0.2) is 0 Å². The van der Waals surface area contributed by atoms with Gasteiger partial charge in [-0.15, -0.1) is 0 Å². The average Bonchev–Trinajstić information content (AvgIpc) is 2.27. The summed E-state index contributed by atoms with van der Waals surface area (Å²) in [5.41, 5.74) is 3.88. The summed E-state index contributed by atoms with van der Waals surface area (Å²) in [5.74, 6) is 0. The fourth-order valence-corrected chi connectivity index (χ4v) is 4.03. The molecule has 77 valence electrons. The van der Waals surface area contributed by atoms with E-state index in [4.69, 9.17) is 0 Å². The molecule has 0 aromatic rings. The number of allylic oxidation sites excluding steroid dienone is 4. The molecule has 0 bridgehead atoms. The van der Waals surface area contributed by atoms with Gasteiger partial charge < -0.3 is 0 Å². The van der Waals surface area contributed by atoms with Gasteiger partial charge in [0.25, 0.3) is 0 Å². The Kier molecular flexibility index (Phi) is 3.72. The topological polar surface area (TPSA) is 0 Å². The molecule has 0 aliphatic heterocycles. The van der Waals surface area contributed by atoms with Crippen LogP contribution in [-0.4, -0.2) is 0 Å². The van der Waals surface area contributed by atoms with Gasteiger partial charge in [0.15, 0.2) is 0 Å². The van der Waals surface area contributed by atoms with E-state index in [2.05, 4.69) is 47.6 Å². The van der Waals surface area contributed by atoms with Gasteiger partial charge in [0.2, 0.25) is 0 Å². The first-order valence-corrected chi connectivity index (χ1v) is 6.87. The molecule has 0 atom stereocenters. The molecule has 0 N–H and O–H groups in total. The summed E-state index contributed by atoms with van der Waals surface area (Å²) in [6.07, 6.45) is 3.66. The van der Waals surface area contributed by atoms with Crippen molar-refractivity contribution in [3.63, 3.8) is 0 Å². The zero-order valence-corrected chi connectivity index (χ0v) is 13.4. The first-order chi connectivity index (χ1) is 6.14. The van der Waals surface area contributed by atoms with E-state index in [0.29, 0.717) is 10.8 Å². The van der Waals surface area contributed by atoms with Crippen molar-refractivity contribution in [1.29, 1.82) is 0 Å². The van der Waals surface area contributed by atoms with Gasteiger partial charge in [0.1, 0.15) is 0 Å². The first kappa shape index (κ1) is 12.9. The molecule has 0 unspecified atom stereocenters. The predicted molar refractivity (Wildman–Crippen MR) is 58.6 cm³/mol. The molecule has 0 nitrogen and oxygen atoms in total. The second-order valence-corrected chi connectivity index (χ2v) is 8.07. The van der Waals surface area contributed by atoms with Gasteiger partial charge in [-0.2, -0.15) is 0 Å². The van der Waals surface area contributed by atoms with Crippen LogP contribution in [0, 0.1) is 50.5 Å². The van der Waals surface area contributed by atoms with E-state index in [-0.39, 0.29) is 0 Å². The van der Waals surface area contributed by atoms with Crippen LogP contribution >= 0.6 is 0 Å². The third-order valence-electron chi connectivity index (χ3n) is 2.64. The molecule has 0 aromatic heterocycles. The summed E-state index contributed by atoms with van der Waals surface area (Å²) in [6.45, 7) is 14.0. The van der Waals surface area contributed by atoms with Gasteiger partial charge >= 0.3 is 117 Å². The van der Waals surface area contributed by atoms with Crippen LogP contribution in [0.5, 0.6) is 0 Å². The van der Waals surface area contributed by atoms with Crippen molar-refractivity contribution in [1.82, 2.24) is 0 Å². The molecule has 0 saturated carbocycles. The van der Waals surface area contributed by atoms with Crippen LogP contribution in [0.3, 0.4) is 0 Å². The van der Waals surface area contributed by atoms with Gasteiger partial charge in [-0.05, 0) is 0 Å². The molecule has 0 spiro atoms. The van der Waals surface area contributed by atoms with Gasteiger partial charge in [0, 0.05) is 0 Å². The zero-order valence-electron chi connectivity index (χ0n) is 10.3. The van der Waals surface area contributed by atoms with Crippen molar-refractivity contribution in [2.24, 2.45) is 10.8 Å². The van der Waals surface area contributed by atoms with Crippen LogP contribution in [0.15, 0.2) is 18.3 Å². The third-order valence-corrected chi connectivity index (χ3v) is 4.07. The van der Waals surface area contributed by atoms with E-state index >= 15 is 0 Å². The Hall–Kier alpha value is 0.857. The van der Waals surface area contributed by atoms with Crippen LogP contribution in [0.4, 0.5) is 0 Å². The van der Waals surface area contributed by atoms with E-state index in [1.807, 2.05) is 0 Å². The second-order valence-electron chi connectivity index (χ2n) is 6.18. The monoisotopic (exact) mass is 317 g/mol. The minimum absolute atomic E-state index is 0.314. The van der Waals surface area contributed by atoms with E-state index in [1.54, 1.807) is 12.2 Å². The predicted octanol–water partition coefficient (Wildman–Crippen LogP) is 4.21. The quantitative estimate of drug-likeness (QED) is 0.628. The Morgan fingerprint density at radius 3 is 1.79 bits per heavy atom. The molecule has 0 saturated heterocycles. The minimum atomic E-state index is 0.314. The molecule has 0 fully saturated rings. The molecular weight excluding hydrogens is 296 g/mol. The maximum atomic E-state index is 2.45. The van der Waals surface area contributed by atoms with Crippen molar-refractivity contribution in [2.75, 3.05) is 0 Å². The Labute approximate surface area is 116 Å². The van der Waals surface area contributed by atoms with Crippen LogP contribution < -0.4 is 0 Å². The molecular formula is C13H21Ce. The molecule has 0 radical (unpaired) electrons. The Morgan fingerprint density at radius 1 is 1.00 bits per heavy atom. The van der Waals surface area contributed by atoms with Crippen molar-refractivity contribution in [2.45, 2.75) is 48.0 Å². The molecule has 0 amide bonds. The number of rotatable bonds is 0. The molecule has 14 heavy (non-hydrogen) atoms. The van der Waals surface area contributed by atoms with E-state index in [0.717, 1.165) is 0 Å². The third kappa shape index (κ3) is 2.70. The van der Waals surface area contributed by atoms with Gasteiger partial charge in [-0.1, -0.05) is 0 Å². The Bertz CT molecular complexity index is 292. The van der Waals surface area contributed by atoms with Crippen LogP contribution in [-0.2, 0) is 0 Å². The fraction of sp³-hybridized carbons (Fsp3) is 0.692. The number of hydrogen-bond donors (Lipinski definition) is 0. The molecule has 0 aromatic carbocycles. The summed E-state index contributed by atoms with van der Waals surface area (Å²) in [4.78, 5) is 0. The summed E-state index contributed by atoms with van der Waals surface area (Å²) in [5, 5.41) is 0. The van der Waals surface area contributed by atoms with Gasteiger partial charge in [0.05, 0.1) is 0 Å². The SMILES string of the molecule is CC(C)(C)C1=CC[C]([Ce])=C1C(C)(C)C. The maximum absolute atomic E-state index is 2.45. The van der Waals surface area contributed by atoms with Crippen LogP contribution in [0.25, 0.3) is 0 Å². The first-order valence-electron chi connectivity index (χ1n) is 5.30. The normalized spacial score (nSPS) is 18.8. The van der Waals surface area contributed by atoms with Crippen LogP contribution in [0.2, 0.25) is 0 Å². The molecule has 1 aliphatic carbocycles. The zero-order chi connectivity index (χ0) is 11.1. The molecule has 1 heteroatoms. The summed E-state index contributed by atoms with van der Waals surface area (Å²) < 4.78 is 1.70. The summed E-state index contributed by atoms with van der Waals surface area (Å²) in [6, 6.07) is 0. The second kappa shape index (κ2) is 4.02. The number of hydrogen-bond acceptors (Lipinski definition) is 0. The molecule has 0 heterocycles.